The summed E-state index contributed by atoms with van der Waals surface area (Å²) >= 11 is 0. The van der Waals surface area contributed by atoms with Crippen LogP contribution < -0.4 is 61.5 Å². The quantitative estimate of drug-likeness (QED) is 0.0325. The Hall–Kier alpha value is -2.84. The topological polar surface area (TPSA) is 170 Å². The molecule has 16 atom stereocenters. The molecule has 0 aromatic heterocycles. The van der Waals surface area contributed by atoms with E-state index < -0.39 is 0 Å². The molecule has 452 valence electrons. The Kier molecular flexibility index (Phi) is 24.2. The van der Waals surface area contributed by atoms with E-state index >= 15 is 0 Å². The lowest BCUT2D eigenvalue weighted by atomic mass is 9.74. The average Bonchev–Trinajstić information content (AvgIpc) is 4.30. The highest BCUT2D eigenvalue weighted by Gasteiger charge is 2.58. The van der Waals surface area contributed by atoms with Gasteiger partial charge in [0.2, 0.25) is 0 Å². The number of hydrogen-bond donors (Lipinski definition) is 8. The maximum atomic E-state index is 7.09. The van der Waals surface area contributed by atoms with Gasteiger partial charge in [0.15, 0.2) is 0 Å². The largest absolute Gasteiger partial charge is 0.493 e. The van der Waals surface area contributed by atoms with Gasteiger partial charge in [0.25, 0.3) is 0 Å². The molecule has 2 aromatic carbocycles. The van der Waals surface area contributed by atoms with E-state index in [1.54, 1.807) is 0 Å². The van der Waals surface area contributed by atoms with Gasteiger partial charge < -0.3 is 37.9 Å². The first kappa shape index (κ1) is 61.7. The lowest BCUT2D eigenvalue weighted by Gasteiger charge is -2.43. The minimum atomic E-state index is -0.313. The van der Waals surface area contributed by atoms with Gasteiger partial charge in [-0.05, 0) is 101 Å². The van der Waals surface area contributed by atoms with Crippen molar-refractivity contribution in [1.29, 1.82) is 0 Å². The van der Waals surface area contributed by atoms with Gasteiger partial charge in [0.05, 0.1) is 100 Å². The van der Waals surface area contributed by atoms with Gasteiger partial charge in [-0.1, -0.05) is 107 Å². The summed E-state index contributed by atoms with van der Waals surface area (Å²) in [5, 5.41) is 34.2. The number of nitrogens with one attached hydrogen (secondary N) is 8. The van der Waals surface area contributed by atoms with Crippen LogP contribution in [0, 0.1) is 23.7 Å². The van der Waals surface area contributed by atoms with Gasteiger partial charge in [-0.2, -0.15) is 0 Å². The van der Waals surface area contributed by atoms with Crippen LogP contribution in [0.5, 0.6) is 23.0 Å². The van der Waals surface area contributed by atoms with Gasteiger partial charge in [-0.25, -0.2) is 0 Å². The fourth-order valence-corrected chi connectivity index (χ4v) is 14.0. The van der Waals surface area contributed by atoms with Gasteiger partial charge in [0, 0.05) is 72.4 Å². The number of ether oxygens (including phenoxy) is 8. The van der Waals surface area contributed by atoms with Crippen molar-refractivity contribution in [1.82, 2.24) is 42.5 Å². The fourth-order valence-electron chi connectivity index (χ4n) is 14.0. The van der Waals surface area contributed by atoms with Crippen LogP contribution in [0.2, 0.25) is 0 Å². The summed E-state index contributed by atoms with van der Waals surface area (Å²) in [4.78, 5) is 0. The predicted octanol–water partition coefficient (Wildman–Crippen LogP) is 11.0. The molecule has 0 radical (unpaired) electrons. The van der Waals surface area contributed by atoms with Crippen molar-refractivity contribution in [2.24, 2.45) is 23.7 Å². The number of rotatable bonds is 32. The van der Waals surface area contributed by atoms with Crippen LogP contribution in [0.4, 0.5) is 0 Å². The second kappa shape index (κ2) is 31.3. The first-order valence-corrected chi connectivity index (χ1v) is 32.8. The smallest absolute Gasteiger partial charge is 0.126 e. The van der Waals surface area contributed by atoms with Gasteiger partial charge in [-0.15, -0.1) is 0 Å². The zero-order valence-electron chi connectivity index (χ0n) is 50.6. The van der Waals surface area contributed by atoms with Crippen molar-refractivity contribution in [3.8, 4) is 23.0 Å². The Bertz CT molecular complexity index is 1870. The maximum Gasteiger partial charge on any atom is 0.126 e. The molecular weight excluding hydrogens is 1010 g/mol. The zero-order valence-corrected chi connectivity index (χ0v) is 50.6. The second-order valence-corrected chi connectivity index (χ2v) is 24.1. The van der Waals surface area contributed by atoms with Crippen molar-refractivity contribution in [2.45, 2.75) is 258 Å². The number of hydrogen-bond acceptors (Lipinski definition) is 16. The standard InChI is InChI=1S/C64H108N8O8/c1-9-17-33-73-41-25-26-42(74-34-18-10-2)50-49(41)57-65-58(50)70-60-53-45(77-37-21-13-5)29-30-46(78-38-22-14-6)54(53)62(67-60)72-64-56-48(80-40-24-16-8)32-31-47(79-39-23-15-7)55(56)63(68-64)71-61-52-44(76-36-20-12-4)28-27-43(75-35-19-11-3)51(52)59(66-61)69-57/h25-26,31-32,43-46,51-54,57-72H,9-24,27-30,33-40H2,1-8H3. The Balaban J connectivity index is 1.22. The predicted molar refractivity (Wildman–Crippen MR) is 317 cm³/mol. The van der Waals surface area contributed by atoms with E-state index in [9.17, 15) is 0 Å². The Morgan fingerprint density at radius 1 is 0.287 bits per heavy atom. The summed E-state index contributed by atoms with van der Waals surface area (Å²) in [7, 11) is 0. The molecule has 7 aliphatic rings. The zero-order chi connectivity index (χ0) is 55.8. The van der Waals surface area contributed by atoms with Crippen molar-refractivity contribution in [3.05, 3.63) is 46.5 Å². The third-order valence-electron chi connectivity index (χ3n) is 18.3. The molecular formula is C64H108N8O8. The van der Waals surface area contributed by atoms with Crippen LogP contribution in [-0.4, -0.2) is 102 Å². The van der Waals surface area contributed by atoms with Crippen LogP contribution >= 0.6 is 0 Å². The van der Waals surface area contributed by atoms with Gasteiger partial charge in [-0.3, -0.25) is 42.5 Å². The molecule has 2 aromatic rings. The molecule has 8 bridgehead atoms. The number of benzene rings is 2. The third-order valence-corrected chi connectivity index (χ3v) is 18.3. The lowest BCUT2D eigenvalue weighted by Crippen LogP contribution is -2.56. The maximum absolute atomic E-state index is 7.09. The Morgan fingerprint density at radius 2 is 0.500 bits per heavy atom. The van der Waals surface area contributed by atoms with E-state index in [-0.39, 0.29) is 97.4 Å². The molecule has 16 heteroatoms. The van der Waals surface area contributed by atoms with Crippen LogP contribution in [0.15, 0.2) is 24.3 Å². The fraction of sp³-hybridized carbons (Fsp3) is 0.812. The van der Waals surface area contributed by atoms with E-state index in [0.29, 0.717) is 26.4 Å². The molecule has 5 heterocycles. The lowest BCUT2D eigenvalue weighted by molar-refractivity contribution is -0.104. The van der Waals surface area contributed by atoms with E-state index in [1.165, 1.54) is 0 Å². The normalized spacial score (nSPS) is 32.3. The number of fused-ring (bicyclic) bond motifs is 20. The summed E-state index contributed by atoms with van der Waals surface area (Å²) in [6.45, 7) is 23.4. The van der Waals surface area contributed by atoms with Crippen LogP contribution in [-0.2, 0) is 18.9 Å². The van der Waals surface area contributed by atoms with Crippen LogP contribution in [0.1, 0.15) is 231 Å². The summed E-state index contributed by atoms with van der Waals surface area (Å²) in [5.74, 6) is 3.81. The molecule has 16 nitrogen and oxygen atoms in total. The Labute approximate surface area is 482 Å². The van der Waals surface area contributed by atoms with Crippen molar-refractivity contribution in [2.75, 3.05) is 52.9 Å². The van der Waals surface area contributed by atoms with Gasteiger partial charge >= 0.3 is 0 Å². The molecule has 9 rings (SSSR count). The summed E-state index contributed by atoms with van der Waals surface area (Å²) in [6.07, 6.45) is 18.3. The molecule has 2 saturated carbocycles. The molecule has 5 fully saturated rings. The SMILES string of the molecule is CCCCOc1ccc(OCCCC)c2c1C1NC2NC2NC(NC3NC(NC4NC(N1)C1C(OCCCC)CCC(OCCCC)C41)c1c(OCCCC)ccc(OCCCC)c13)C1C(OCCCC)CCC(OCCCC)C21. The van der Waals surface area contributed by atoms with Crippen molar-refractivity contribution >= 4 is 0 Å². The molecule has 3 saturated heterocycles. The highest BCUT2D eigenvalue weighted by atomic mass is 16.5. The summed E-state index contributed by atoms with van der Waals surface area (Å²) < 4.78 is 55.9. The first-order chi connectivity index (χ1) is 39.4. The number of unbranched alkanes of at least 4 members (excludes halogenated alkanes) is 8. The molecule has 8 N–H and O–H groups in total. The molecule has 2 aliphatic carbocycles. The molecule has 0 spiro atoms. The van der Waals surface area contributed by atoms with E-state index in [0.717, 1.165) is 200 Å². The molecule has 5 aliphatic heterocycles. The average molecular weight is 1120 g/mol. The summed E-state index contributed by atoms with van der Waals surface area (Å²) in [5.41, 5.74) is 4.41. The monoisotopic (exact) mass is 1120 g/mol. The molecule has 80 heavy (non-hydrogen) atoms. The van der Waals surface area contributed by atoms with Crippen LogP contribution in [0.25, 0.3) is 0 Å². The second-order valence-electron chi connectivity index (χ2n) is 24.1. The van der Waals surface area contributed by atoms with E-state index in [2.05, 4.69) is 122 Å². The molecule has 0 amide bonds. The molecule has 16 unspecified atom stereocenters. The van der Waals surface area contributed by atoms with Gasteiger partial charge in [0.1, 0.15) is 23.0 Å². The first-order valence-electron chi connectivity index (χ1n) is 32.8. The van der Waals surface area contributed by atoms with Crippen molar-refractivity contribution < 1.29 is 37.9 Å². The van der Waals surface area contributed by atoms with Crippen LogP contribution in [0.3, 0.4) is 0 Å². The van der Waals surface area contributed by atoms with E-state index in [4.69, 9.17) is 37.9 Å². The highest BCUT2D eigenvalue weighted by molar-refractivity contribution is 5.56. The Morgan fingerprint density at radius 3 is 0.713 bits per heavy atom. The van der Waals surface area contributed by atoms with E-state index in [1.807, 2.05) is 0 Å². The van der Waals surface area contributed by atoms with Crippen molar-refractivity contribution in [3.63, 3.8) is 0 Å². The summed E-state index contributed by atoms with van der Waals surface area (Å²) in [6, 6.07) is 8.62. The third kappa shape index (κ3) is 14.4. The minimum Gasteiger partial charge on any atom is -0.493 e. The highest BCUT2D eigenvalue weighted by Crippen LogP contribution is 2.51. The minimum absolute atomic E-state index is 0.0142.